The van der Waals surface area contributed by atoms with E-state index in [2.05, 4.69) is 5.32 Å². The molecule has 0 atom stereocenters. The third kappa shape index (κ3) is 1.10. The van der Waals surface area contributed by atoms with E-state index in [0.717, 1.165) is 18.7 Å². The molecule has 0 aliphatic carbocycles. The molecule has 0 amide bonds. The highest BCUT2D eigenvalue weighted by atomic mass is 16.3. The largest absolute Gasteiger partial charge is 0.508 e. The lowest BCUT2D eigenvalue weighted by Crippen LogP contribution is -2.39. The normalized spacial score (nSPS) is 17.8. The Morgan fingerprint density at radius 2 is 2.00 bits per heavy atom. The van der Waals surface area contributed by atoms with Crippen molar-refractivity contribution in [2.75, 3.05) is 13.1 Å². The minimum atomic E-state index is 0.430. The van der Waals surface area contributed by atoms with Crippen molar-refractivity contribution in [2.45, 2.75) is 5.92 Å². The van der Waals surface area contributed by atoms with Gasteiger partial charge in [-0.25, -0.2) is 0 Å². The van der Waals surface area contributed by atoms with Crippen LogP contribution in [-0.4, -0.2) is 18.2 Å². The van der Waals surface area contributed by atoms with Crippen LogP contribution >= 0.6 is 0 Å². The molecule has 1 heterocycles. The zero-order valence-electron chi connectivity index (χ0n) is 6.25. The molecule has 2 heteroatoms. The molecule has 1 aromatic carbocycles. The van der Waals surface area contributed by atoms with Gasteiger partial charge in [-0.1, -0.05) is 18.2 Å². The summed E-state index contributed by atoms with van der Waals surface area (Å²) in [7, 11) is 0. The molecule has 0 bridgehead atoms. The number of phenols is 1. The number of para-hydroxylation sites is 1. The van der Waals surface area contributed by atoms with Crippen molar-refractivity contribution < 1.29 is 5.11 Å². The Labute approximate surface area is 65.9 Å². The molecule has 2 nitrogen and oxygen atoms in total. The minimum absolute atomic E-state index is 0.430. The predicted molar refractivity (Wildman–Crippen MR) is 43.7 cm³/mol. The first kappa shape index (κ1) is 6.68. The second kappa shape index (κ2) is 2.55. The quantitative estimate of drug-likeness (QED) is 0.626. The van der Waals surface area contributed by atoms with E-state index in [0.29, 0.717) is 11.7 Å². The Bertz CT molecular complexity index is 255. The summed E-state index contributed by atoms with van der Waals surface area (Å²) in [4.78, 5) is 0. The monoisotopic (exact) mass is 149 g/mol. The standard InChI is InChI=1S/C9H11NO/c11-9-4-2-1-3-8(9)7-5-10-6-7/h1-4,7,10-11H,5-6H2. The summed E-state index contributed by atoms with van der Waals surface area (Å²) in [6.45, 7) is 2.00. The third-order valence-electron chi connectivity index (χ3n) is 2.16. The van der Waals surface area contributed by atoms with Crippen LogP contribution < -0.4 is 5.32 Å². The Morgan fingerprint density at radius 3 is 2.55 bits per heavy atom. The molecule has 58 valence electrons. The average Bonchev–Trinajstić information content (AvgIpc) is 1.90. The summed E-state index contributed by atoms with van der Waals surface area (Å²) in [6.07, 6.45) is 0. The molecule has 1 aliphatic rings. The van der Waals surface area contributed by atoms with E-state index in [9.17, 15) is 5.11 Å². The Morgan fingerprint density at radius 1 is 1.27 bits per heavy atom. The van der Waals surface area contributed by atoms with Crippen LogP contribution in [0.1, 0.15) is 11.5 Å². The molecule has 0 unspecified atom stereocenters. The molecule has 0 radical (unpaired) electrons. The van der Waals surface area contributed by atoms with E-state index in [1.165, 1.54) is 0 Å². The fraction of sp³-hybridized carbons (Fsp3) is 0.333. The highest BCUT2D eigenvalue weighted by Crippen LogP contribution is 2.27. The molecule has 1 aliphatic heterocycles. The number of aromatic hydroxyl groups is 1. The van der Waals surface area contributed by atoms with Gasteiger partial charge in [-0.3, -0.25) is 0 Å². The van der Waals surface area contributed by atoms with Crippen LogP contribution in [0.3, 0.4) is 0 Å². The molecule has 11 heavy (non-hydrogen) atoms. The van der Waals surface area contributed by atoms with Crippen LogP contribution in [0.25, 0.3) is 0 Å². The van der Waals surface area contributed by atoms with E-state index in [1.807, 2.05) is 18.2 Å². The van der Waals surface area contributed by atoms with Crippen molar-refractivity contribution in [3.8, 4) is 5.75 Å². The van der Waals surface area contributed by atoms with Gasteiger partial charge in [0, 0.05) is 19.0 Å². The second-order valence-electron chi connectivity index (χ2n) is 2.91. The second-order valence-corrected chi connectivity index (χ2v) is 2.91. The van der Waals surface area contributed by atoms with E-state index in [1.54, 1.807) is 6.07 Å². The molecule has 1 saturated heterocycles. The first-order valence-electron chi connectivity index (χ1n) is 3.86. The first-order chi connectivity index (χ1) is 5.38. The van der Waals surface area contributed by atoms with Gasteiger partial charge in [0.15, 0.2) is 0 Å². The number of hydrogen-bond acceptors (Lipinski definition) is 2. The maximum Gasteiger partial charge on any atom is 0.119 e. The van der Waals surface area contributed by atoms with Crippen LogP contribution in [0, 0.1) is 0 Å². The summed E-state index contributed by atoms with van der Waals surface area (Å²) in [6, 6.07) is 7.55. The van der Waals surface area contributed by atoms with Crippen molar-refractivity contribution in [3.05, 3.63) is 29.8 Å². The smallest absolute Gasteiger partial charge is 0.119 e. The fourth-order valence-electron chi connectivity index (χ4n) is 1.34. The topological polar surface area (TPSA) is 32.3 Å². The molecular weight excluding hydrogens is 138 g/mol. The van der Waals surface area contributed by atoms with Crippen LogP contribution in [0.15, 0.2) is 24.3 Å². The van der Waals surface area contributed by atoms with Crippen LogP contribution in [-0.2, 0) is 0 Å². The highest BCUT2D eigenvalue weighted by molar-refractivity contribution is 5.36. The zero-order chi connectivity index (χ0) is 7.68. The van der Waals surface area contributed by atoms with Gasteiger partial charge in [0.05, 0.1) is 0 Å². The van der Waals surface area contributed by atoms with Gasteiger partial charge in [-0.15, -0.1) is 0 Å². The number of rotatable bonds is 1. The summed E-state index contributed by atoms with van der Waals surface area (Å²) in [5.74, 6) is 0.954. The first-order valence-corrected chi connectivity index (χ1v) is 3.86. The summed E-state index contributed by atoms with van der Waals surface area (Å²) in [5, 5.41) is 12.6. The van der Waals surface area contributed by atoms with Gasteiger partial charge >= 0.3 is 0 Å². The van der Waals surface area contributed by atoms with Gasteiger partial charge < -0.3 is 10.4 Å². The summed E-state index contributed by atoms with van der Waals surface area (Å²) >= 11 is 0. The number of phenolic OH excluding ortho intramolecular Hbond substituents is 1. The maximum absolute atomic E-state index is 9.42. The Hall–Kier alpha value is -1.02. The van der Waals surface area contributed by atoms with Gasteiger partial charge in [0.1, 0.15) is 5.75 Å². The van der Waals surface area contributed by atoms with Gasteiger partial charge in [-0.2, -0.15) is 0 Å². The maximum atomic E-state index is 9.42. The molecule has 0 aromatic heterocycles. The van der Waals surface area contributed by atoms with E-state index in [4.69, 9.17) is 0 Å². The van der Waals surface area contributed by atoms with Crippen molar-refractivity contribution in [3.63, 3.8) is 0 Å². The van der Waals surface area contributed by atoms with Gasteiger partial charge in [-0.05, 0) is 11.6 Å². The summed E-state index contributed by atoms with van der Waals surface area (Å²) in [5.41, 5.74) is 1.08. The average molecular weight is 149 g/mol. The minimum Gasteiger partial charge on any atom is -0.508 e. The molecule has 2 N–H and O–H groups in total. The van der Waals surface area contributed by atoms with Crippen molar-refractivity contribution >= 4 is 0 Å². The fourth-order valence-corrected chi connectivity index (χ4v) is 1.34. The van der Waals surface area contributed by atoms with Crippen molar-refractivity contribution in [1.29, 1.82) is 0 Å². The van der Waals surface area contributed by atoms with E-state index >= 15 is 0 Å². The molecule has 1 fully saturated rings. The number of nitrogens with one attached hydrogen (secondary N) is 1. The predicted octanol–water partition coefficient (Wildman–Crippen LogP) is 1.08. The lowest BCUT2D eigenvalue weighted by Gasteiger charge is -2.27. The zero-order valence-corrected chi connectivity index (χ0v) is 6.25. The van der Waals surface area contributed by atoms with E-state index in [-0.39, 0.29) is 0 Å². The molecule has 0 saturated carbocycles. The Kier molecular flexibility index (Phi) is 1.55. The van der Waals surface area contributed by atoms with Crippen LogP contribution in [0.5, 0.6) is 5.75 Å². The van der Waals surface area contributed by atoms with E-state index < -0.39 is 0 Å². The van der Waals surface area contributed by atoms with Crippen molar-refractivity contribution in [2.24, 2.45) is 0 Å². The number of benzene rings is 1. The molecule has 2 rings (SSSR count). The molecule has 0 spiro atoms. The SMILES string of the molecule is Oc1ccccc1C1CNC1. The Balaban J connectivity index is 2.28. The van der Waals surface area contributed by atoms with Gasteiger partial charge in [0.2, 0.25) is 0 Å². The number of hydrogen-bond donors (Lipinski definition) is 2. The van der Waals surface area contributed by atoms with Gasteiger partial charge in [0.25, 0.3) is 0 Å². The lowest BCUT2D eigenvalue weighted by atomic mass is 9.93. The van der Waals surface area contributed by atoms with Crippen LogP contribution in [0.4, 0.5) is 0 Å². The summed E-state index contributed by atoms with van der Waals surface area (Å²) < 4.78 is 0. The lowest BCUT2D eigenvalue weighted by molar-refractivity contribution is 0.413. The molecule has 1 aromatic rings. The highest BCUT2D eigenvalue weighted by Gasteiger charge is 2.20. The third-order valence-corrected chi connectivity index (χ3v) is 2.16. The van der Waals surface area contributed by atoms with Crippen LogP contribution in [0.2, 0.25) is 0 Å². The molecular formula is C9H11NO. The van der Waals surface area contributed by atoms with Crippen molar-refractivity contribution in [1.82, 2.24) is 5.32 Å².